The fourth-order valence-electron chi connectivity index (χ4n) is 1.92. The van der Waals surface area contributed by atoms with E-state index in [0.29, 0.717) is 0 Å². The van der Waals surface area contributed by atoms with Gasteiger partial charge in [-0.15, -0.1) is 23.5 Å². The molecule has 0 atom stereocenters. The quantitative estimate of drug-likeness (QED) is 0.754. The predicted molar refractivity (Wildman–Crippen MR) is 82.8 cm³/mol. The van der Waals surface area contributed by atoms with E-state index < -0.39 is 0 Å². The summed E-state index contributed by atoms with van der Waals surface area (Å²) in [7, 11) is 0. The van der Waals surface area contributed by atoms with Crippen LogP contribution in [0.3, 0.4) is 0 Å². The van der Waals surface area contributed by atoms with Gasteiger partial charge in [0, 0.05) is 0 Å². The van der Waals surface area contributed by atoms with Crippen molar-refractivity contribution in [3.63, 3.8) is 0 Å². The van der Waals surface area contributed by atoms with Crippen LogP contribution >= 0.6 is 23.5 Å². The average Bonchev–Trinajstić information content (AvgIpc) is 2.33. The second kappa shape index (κ2) is 6.55. The Bertz CT molecular complexity index is 372. The Balaban J connectivity index is 1.93. The van der Waals surface area contributed by atoms with E-state index >= 15 is 0 Å². The maximum atomic E-state index is 2.33. The number of benzene rings is 1. The van der Waals surface area contributed by atoms with E-state index in [-0.39, 0.29) is 0 Å². The van der Waals surface area contributed by atoms with Gasteiger partial charge in [-0.05, 0) is 43.8 Å². The molecule has 92 valence electrons. The Morgan fingerprint density at radius 2 is 1.88 bits per heavy atom. The summed E-state index contributed by atoms with van der Waals surface area (Å²) >= 11 is 4.25. The highest BCUT2D eigenvalue weighted by Crippen LogP contribution is 2.35. The number of rotatable bonds is 3. The molecule has 0 aliphatic carbocycles. The van der Waals surface area contributed by atoms with Gasteiger partial charge in [0.25, 0.3) is 0 Å². The average molecular weight is 264 g/mol. The molecular weight excluding hydrogens is 244 g/mol. The summed E-state index contributed by atoms with van der Waals surface area (Å²) in [5.74, 6) is 2.69. The lowest BCUT2D eigenvalue weighted by Gasteiger charge is -2.20. The third-order valence-electron chi connectivity index (χ3n) is 2.88. The third kappa shape index (κ3) is 4.44. The van der Waals surface area contributed by atoms with Crippen LogP contribution in [0, 0.1) is 6.92 Å². The minimum atomic E-state index is 0.783. The minimum absolute atomic E-state index is 0.783. The molecule has 1 heterocycles. The molecule has 0 radical (unpaired) electrons. The largest absolute Gasteiger partial charge is 0.147 e. The molecule has 0 saturated carbocycles. The second-order valence-electron chi connectivity index (χ2n) is 4.63. The molecule has 0 N–H and O–H groups in total. The second-order valence-corrected chi connectivity index (χ2v) is 7.55. The SMILES string of the molecule is C/C(=C\c1ccc(C)cc1)CC1SCCCS1. The van der Waals surface area contributed by atoms with Crippen LogP contribution in [0.5, 0.6) is 0 Å². The lowest BCUT2D eigenvalue weighted by Crippen LogP contribution is -2.06. The van der Waals surface area contributed by atoms with Crippen molar-refractivity contribution in [1.29, 1.82) is 0 Å². The molecule has 0 spiro atoms. The predicted octanol–water partition coefficient (Wildman–Crippen LogP) is 4.98. The third-order valence-corrected chi connectivity index (χ3v) is 5.82. The number of hydrogen-bond donors (Lipinski definition) is 0. The van der Waals surface area contributed by atoms with Crippen molar-refractivity contribution in [2.24, 2.45) is 0 Å². The zero-order chi connectivity index (χ0) is 12.1. The van der Waals surface area contributed by atoms with Gasteiger partial charge in [-0.3, -0.25) is 0 Å². The van der Waals surface area contributed by atoms with E-state index in [1.165, 1.54) is 41.0 Å². The first-order valence-electron chi connectivity index (χ1n) is 6.21. The van der Waals surface area contributed by atoms with E-state index in [4.69, 9.17) is 0 Å². The highest BCUT2D eigenvalue weighted by Gasteiger charge is 2.14. The monoisotopic (exact) mass is 264 g/mol. The molecule has 0 amide bonds. The van der Waals surface area contributed by atoms with E-state index in [9.17, 15) is 0 Å². The molecule has 0 bridgehead atoms. The first-order valence-corrected chi connectivity index (χ1v) is 8.31. The first kappa shape index (κ1) is 13.1. The summed E-state index contributed by atoms with van der Waals surface area (Å²) in [5.41, 5.74) is 4.16. The van der Waals surface area contributed by atoms with Crippen LogP contribution in [0.15, 0.2) is 29.8 Å². The van der Waals surface area contributed by atoms with Gasteiger partial charge in [0.2, 0.25) is 0 Å². The number of hydrogen-bond acceptors (Lipinski definition) is 2. The zero-order valence-electron chi connectivity index (χ0n) is 10.6. The van der Waals surface area contributed by atoms with Crippen molar-refractivity contribution in [3.8, 4) is 0 Å². The Morgan fingerprint density at radius 1 is 1.24 bits per heavy atom. The van der Waals surface area contributed by atoms with Crippen LogP contribution in [0.25, 0.3) is 6.08 Å². The van der Waals surface area contributed by atoms with Crippen molar-refractivity contribution >= 4 is 29.6 Å². The number of allylic oxidation sites excluding steroid dienone is 1. The van der Waals surface area contributed by atoms with Crippen molar-refractivity contribution in [1.82, 2.24) is 0 Å². The molecule has 0 nitrogen and oxygen atoms in total. The van der Waals surface area contributed by atoms with Gasteiger partial charge in [0.15, 0.2) is 0 Å². The zero-order valence-corrected chi connectivity index (χ0v) is 12.2. The van der Waals surface area contributed by atoms with Gasteiger partial charge in [0.05, 0.1) is 4.58 Å². The Labute approximate surface area is 113 Å². The summed E-state index contributed by atoms with van der Waals surface area (Å²) in [5, 5.41) is 0. The van der Waals surface area contributed by atoms with Crippen molar-refractivity contribution in [3.05, 3.63) is 41.0 Å². The van der Waals surface area contributed by atoms with Crippen LogP contribution in [0.2, 0.25) is 0 Å². The Kier molecular flexibility index (Phi) is 5.05. The van der Waals surface area contributed by atoms with Crippen molar-refractivity contribution < 1.29 is 0 Å². The van der Waals surface area contributed by atoms with Gasteiger partial charge in [-0.25, -0.2) is 0 Å². The van der Waals surface area contributed by atoms with Gasteiger partial charge in [0.1, 0.15) is 0 Å². The first-order chi connectivity index (χ1) is 8.24. The molecule has 0 aromatic heterocycles. The van der Waals surface area contributed by atoms with E-state index in [1.54, 1.807) is 0 Å². The Morgan fingerprint density at radius 3 is 2.53 bits per heavy atom. The van der Waals surface area contributed by atoms with Crippen LogP contribution in [-0.4, -0.2) is 16.1 Å². The molecule has 17 heavy (non-hydrogen) atoms. The van der Waals surface area contributed by atoms with Crippen molar-refractivity contribution in [2.45, 2.75) is 31.3 Å². The van der Waals surface area contributed by atoms with Gasteiger partial charge >= 0.3 is 0 Å². The maximum absolute atomic E-state index is 2.33. The van der Waals surface area contributed by atoms with Crippen molar-refractivity contribution in [2.75, 3.05) is 11.5 Å². The summed E-state index contributed by atoms with van der Waals surface area (Å²) < 4.78 is 0.783. The van der Waals surface area contributed by atoms with Gasteiger partial charge < -0.3 is 0 Å². The molecule has 1 aromatic carbocycles. The summed E-state index contributed by atoms with van der Waals surface area (Å²) in [4.78, 5) is 0. The topological polar surface area (TPSA) is 0 Å². The Hall–Kier alpha value is -0.340. The molecule has 2 rings (SSSR count). The smallest absolute Gasteiger partial charge is 0.0539 e. The molecular formula is C15H20S2. The van der Waals surface area contributed by atoms with Crippen LogP contribution < -0.4 is 0 Å². The maximum Gasteiger partial charge on any atom is 0.0539 e. The molecule has 1 aromatic rings. The summed E-state index contributed by atoms with van der Waals surface area (Å²) in [6.45, 7) is 4.39. The molecule has 2 heteroatoms. The standard InChI is InChI=1S/C15H20S2/c1-12-4-6-14(7-5-12)10-13(2)11-15-16-8-3-9-17-15/h4-7,10,15H,3,8-9,11H2,1-2H3/b13-10+. The minimum Gasteiger partial charge on any atom is -0.147 e. The number of aryl methyl sites for hydroxylation is 1. The highest BCUT2D eigenvalue weighted by atomic mass is 32.2. The fourth-order valence-corrected chi connectivity index (χ4v) is 4.98. The lowest BCUT2D eigenvalue weighted by molar-refractivity contribution is 1.03. The fraction of sp³-hybridized carbons (Fsp3) is 0.467. The highest BCUT2D eigenvalue weighted by molar-refractivity contribution is 8.17. The summed E-state index contributed by atoms with van der Waals surface area (Å²) in [6, 6.07) is 8.78. The van der Waals surface area contributed by atoms with E-state index in [1.807, 2.05) is 0 Å². The van der Waals surface area contributed by atoms with Gasteiger partial charge in [-0.2, -0.15) is 0 Å². The van der Waals surface area contributed by atoms with Gasteiger partial charge in [-0.1, -0.05) is 41.5 Å². The molecule has 1 aliphatic rings. The van der Waals surface area contributed by atoms with Crippen LogP contribution in [0.4, 0.5) is 0 Å². The van der Waals surface area contributed by atoms with Crippen LogP contribution in [-0.2, 0) is 0 Å². The molecule has 1 fully saturated rings. The molecule has 1 aliphatic heterocycles. The van der Waals surface area contributed by atoms with Crippen LogP contribution in [0.1, 0.15) is 30.9 Å². The summed E-state index contributed by atoms with van der Waals surface area (Å²) in [6.07, 6.45) is 4.94. The normalized spacial score (nSPS) is 18.4. The molecule has 0 unspecified atom stereocenters. The molecule has 1 saturated heterocycles. The van der Waals surface area contributed by atoms with E-state index in [0.717, 1.165) is 4.58 Å². The van der Waals surface area contributed by atoms with E-state index in [2.05, 4.69) is 67.7 Å². The lowest BCUT2D eigenvalue weighted by atomic mass is 10.1. The number of thioether (sulfide) groups is 2.